The average molecular weight is 429 g/mol. The van der Waals surface area contributed by atoms with Gasteiger partial charge in [0.15, 0.2) is 5.96 Å². The monoisotopic (exact) mass is 428 g/mol. The summed E-state index contributed by atoms with van der Waals surface area (Å²) in [5, 5.41) is 6.83. The molecule has 31 heavy (non-hydrogen) atoms. The third kappa shape index (κ3) is 7.22. The minimum absolute atomic E-state index is 0.185. The molecular formula is C24H33FN4O2. The molecule has 6 nitrogen and oxygen atoms in total. The van der Waals surface area contributed by atoms with Crippen molar-refractivity contribution in [3.63, 3.8) is 0 Å². The standard InChI is InChI=1S/C24H33FN4O2/c1-26-24(27-12-4-6-19-5-3-7-21(25)17-19)28-18-23(29-13-15-31-16-14-29)20-8-10-22(30-2)11-9-20/h3,5,7-11,17,23H,4,6,12-16,18H2,1-2H3,(H2,26,27,28). The first-order valence-electron chi connectivity index (χ1n) is 10.8. The second kappa shape index (κ2) is 12.3. The number of nitrogens with zero attached hydrogens (tertiary/aromatic N) is 2. The van der Waals surface area contributed by atoms with Gasteiger partial charge in [0, 0.05) is 33.2 Å². The Bertz CT molecular complexity index is 823. The van der Waals surface area contributed by atoms with Gasteiger partial charge in [0.05, 0.1) is 26.4 Å². The summed E-state index contributed by atoms with van der Waals surface area (Å²) in [6.07, 6.45) is 1.72. The Kier molecular flexibility index (Phi) is 9.12. The SMILES string of the molecule is CN=C(NCCCc1cccc(F)c1)NCC(c1ccc(OC)cc1)N1CCOCC1. The molecule has 0 radical (unpaired) electrons. The van der Waals surface area contributed by atoms with Gasteiger partial charge in [0.1, 0.15) is 11.6 Å². The quantitative estimate of drug-likeness (QED) is 0.365. The molecule has 3 rings (SSSR count). The summed E-state index contributed by atoms with van der Waals surface area (Å²) in [5.41, 5.74) is 2.24. The van der Waals surface area contributed by atoms with Crippen molar-refractivity contribution in [2.75, 3.05) is 53.6 Å². The number of aryl methyl sites for hydroxylation is 1. The van der Waals surface area contributed by atoms with E-state index in [-0.39, 0.29) is 11.9 Å². The van der Waals surface area contributed by atoms with E-state index in [9.17, 15) is 4.39 Å². The molecule has 0 aromatic heterocycles. The fourth-order valence-corrected chi connectivity index (χ4v) is 3.78. The molecule has 1 fully saturated rings. The van der Waals surface area contributed by atoms with Crippen LogP contribution >= 0.6 is 0 Å². The Balaban J connectivity index is 1.53. The maximum atomic E-state index is 13.3. The second-order valence-corrected chi connectivity index (χ2v) is 7.55. The highest BCUT2D eigenvalue weighted by atomic mass is 19.1. The molecule has 0 amide bonds. The first-order valence-corrected chi connectivity index (χ1v) is 10.8. The molecule has 1 heterocycles. The summed E-state index contributed by atoms with van der Waals surface area (Å²) in [4.78, 5) is 6.80. The zero-order chi connectivity index (χ0) is 21.9. The first-order chi connectivity index (χ1) is 15.2. The third-order valence-electron chi connectivity index (χ3n) is 5.50. The van der Waals surface area contributed by atoms with Gasteiger partial charge in [-0.2, -0.15) is 0 Å². The van der Waals surface area contributed by atoms with E-state index in [0.717, 1.165) is 69.5 Å². The zero-order valence-corrected chi connectivity index (χ0v) is 18.4. The summed E-state index contributed by atoms with van der Waals surface area (Å²) >= 11 is 0. The summed E-state index contributed by atoms with van der Waals surface area (Å²) in [7, 11) is 3.46. The first kappa shape index (κ1) is 23.0. The number of hydrogen-bond acceptors (Lipinski definition) is 4. The molecule has 1 aliphatic rings. The number of morpholine rings is 1. The van der Waals surface area contributed by atoms with Gasteiger partial charge in [0.25, 0.3) is 0 Å². The molecule has 1 atom stereocenters. The number of halogens is 1. The summed E-state index contributed by atoms with van der Waals surface area (Å²) in [6, 6.07) is 15.2. The van der Waals surface area contributed by atoms with Crippen molar-refractivity contribution < 1.29 is 13.9 Å². The van der Waals surface area contributed by atoms with E-state index in [1.54, 1.807) is 26.3 Å². The number of guanidine groups is 1. The Hall–Kier alpha value is -2.64. The van der Waals surface area contributed by atoms with Crippen molar-refractivity contribution in [1.29, 1.82) is 0 Å². The van der Waals surface area contributed by atoms with Crippen LogP contribution in [0.15, 0.2) is 53.5 Å². The third-order valence-corrected chi connectivity index (χ3v) is 5.50. The van der Waals surface area contributed by atoms with Gasteiger partial charge in [-0.1, -0.05) is 24.3 Å². The van der Waals surface area contributed by atoms with Gasteiger partial charge in [0.2, 0.25) is 0 Å². The number of ether oxygens (including phenoxy) is 2. The molecule has 2 N–H and O–H groups in total. The molecule has 0 saturated carbocycles. The van der Waals surface area contributed by atoms with Crippen molar-refractivity contribution in [1.82, 2.24) is 15.5 Å². The summed E-state index contributed by atoms with van der Waals surface area (Å²) in [5.74, 6) is 1.44. The minimum atomic E-state index is -0.185. The van der Waals surface area contributed by atoms with Crippen molar-refractivity contribution in [3.8, 4) is 5.75 Å². The molecule has 168 valence electrons. The Morgan fingerprint density at radius 2 is 1.94 bits per heavy atom. The van der Waals surface area contributed by atoms with E-state index in [1.165, 1.54) is 11.6 Å². The number of hydrogen-bond donors (Lipinski definition) is 2. The van der Waals surface area contributed by atoms with E-state index in [1.807, 2.05) is 18.2 Å². The molecule has 1 unspecified atom stereocenters. The minimum Gasteiger partial charge on any atom is -0.497 e. The van der Waals surface area contributed by atoms with E-state index in [2.05, 4.69) is 32.7 Å². The van der Waals surface area contributed by atoms with Crippen molar-refractivity contribution in [3.05, 3.63) is 65.5 Å². The number of methoxy groups -OCH3 is 1. The maximum absolute atomic E-state index is 13.3. The summed E-state index contributed by atoms with van der Waals surface area (Å²) in [6.45, 7) is 4.80. The van der Waals surface area contributed by atoms with Crippen LogP contribution in [0.3, 0.4) is 0 Å². The van der Waals surface area contributed by atoms with Crippen LogP contribution in [0, 0.1) is 5.82 Å². The lowest BCUT2D eigenvalue weighted by atomic mass is 10.0. The molecular weight excluding hydrogens is 395 g/mol. The van der Waals surface area contributed by atoms with Crippen LogP contribution < -0.4 is 15.4 Å². The lowest BCUT2D eigenvalue weighted by molar-refractivity contribution is 0.0170. The molecule has 7 heteroatoms. The molecule has 0 bridgehead atoms. The van der Waals surface area contributed by atoms with Gasteiger partial charge < -0.3 is 20.1 Å². The van der Waals surface area contributed by atoms with Crippen LogP contribution in [0.1, 0.15) is 23.6 Å². The van der Waals surface area contributed by atoms with Crippen molar-refractivity contribution in [2.24, 2.45) is 4.99 Å². The smallest absolute Gasteiger partial charge is 0.191 e. The van der Waals surface area contributed by atoms with Crippen LogP contribution in [0.2, 0.25) is 0 Å². The van der Waals surface area contributed by atoms with Gasteiger partial charge in [-0.05, 0) is 48.2 Å². The average Bonchev–Trinajstić information content (AvgIpc) is 2.81. The van der Waals surface area contributed by atoms with E-state index in [4.69, 9.17) is 9.47 Å². The van der Waals surface area contributed by atoms with Crippen LogP contribution in [0.5, 0.6) is 5.75 Å². The molecule has 0 spiro atoms. The number of nitrogens with one attached hydrogen (secondary N) is 2. The molecule has 1 aliphatic heterocycles. The van der Waals surface area contributed by atoms with Crippen LogP contribution in [0.4, 0.5) is 4.39 Å². The Labute approximate surface area is 184 Å². The van der Waals surface area contributed by atoms with Gasteiger partial charge in [-0.25, -0.2) is 4.39 Å². The molecule has 2 aromatic rings. The Morgan fingerprint density at radius 3 is 2.61 bits per heavy atom. The number of rotatable bonds is 9. The van der Waals surface area contributed by atoms with Crippen LogP contribution in [0.25, 0.3) is 0 Å². The summed E-state index contributed by atoms with van der Waals surface area (Å²) < 4.78 is 24.1. The lowest BCUT2D eigenvalue weighted by Gasteiger charge is -2.35. The van der Waals surface area contributed by atoms with E-state index >= 15 is 0 Å². The fraction of sp³-hybridized carbons (Fsp3) is 0.458. The Morgan fingerprint density at radius 1 is 1.16 bits per heavy atom. The molecule has 2 aromatic carbocycles. The van der Waals surface area contributed by atoms with Gasteiger partial charge in [-0.3, -0.25) is 9.89 Å². The highest BCUT2D eigenvalue weighted by molar-refractivity contribution is 5.79. The fourth-order valence-electron chi connectivity index (χ4n) is 3.78. The topological polar surface area (TPSA) is 58.1 Å². The number of benzene rings is 2. The predicted molar refractivity (Wildman–Crippen MR) is 122 cm³/mol. The largest absolute Gasteiger partial charge is 0.497 e. The zero-order valence-electron chi connectivity index (χ0n) is 18.4. The van der Waals surface area contributed by atoms with Crippen LogP contribution in [-0.2, 0) is 11.2 Å². The highest BCUT2D eigenvalue weighted by Gasteiger charge is 2.23. The van der Waals surface area contributed by atoms with Crippen LogP contribution in [-0.4, -0.2) is 64.4 Å². The highest BCUT2D eigenvalue weighted by Crippen LogP contribution is 2.23. The van der Waals surface area contributed by atoms with Gasteiger partial charge in [-0.15, -0.1) is 0 Å². The van der Waals surface area contributed by atoms with Gasteiger partial charge >= 0.3 is 0 Å². The molecule has 1 saturated heterocycles. The predicted octanol–water partition coefficient (Wildman–Crippen LogP) is 3.01. The van der Waals surface area contributed by atoms with Crippen molar-refractivity contribution >= 4 is 5.96 Å². The maximum Gasteiger partial charge on any atom is 0.191 e. The van der Waals surface area contributed by atoms with E-state index in [0.29, 0.717) is 0 Å². The second-order valence-electron chi connectivity index (χ2n) is 7.55. The lowest BCUT2D eigenvalue weighted by Crippen LogP contribution is -2.46. The van der Waals surface area contributed by atoms with E-state index < -0.39 is 0 Å². The number of aliphatic imine (C=N–C) groups is 1. The molecule has 0 aliphatic carbocycles. The van der Waals surface area contributed by atoms with Crippen molar-refractivity contribution in [2.45, 2.75) is 18.9 Å². The normalized spacial score (nSPS) is 16.0.